The van der Waals surface area contributed by atoms with E-state index in [2.05, 4.69) is 43.3 Å². The van der Waals surface area contributed by atoms with Gasteiger partial charge < -0.3 is 5.73 Å². The molecule has 2 heteroatoms. The second-order valence-electron chi connectivity index (χ2n) is 4.16. The van der Waals surface area contributed by atoms with Crippen molar-refractivity contribution in [3.63, 3.8) is 0 Å². The molecule has 0 fully saturated rings. The number of rotatable bonds is 4. The number of aryl methyl sites for hydroxylation is 2. The quantitative estimate of drug-likeness (QED) is 0.651. The molecule has 2 aromatic rings. The summed E-state index contributed by atoms with van der Waals surface area (Å²) in [6.45, 7) is 2.13. The Labute approximate surface area is 107 Å². The van der Waals surface area contributed by atoms with E-state index in [0.29, 0.717) is 0 Å². The van der Waals surface area contributed by atoms with E-state index in [1.165, 1.54) is 16.0 Å². The van der Waals surface area contributed by atoms with Crippen LogP contribution in [0.4, 0.5) is 5.69 Å². The summed E-state index contributed by atoms with van der Waals surface area (Å²) >= 11 is 1.90. The molecule has 0 radical (unpaired) electrons. The van der Waals surface area contributed by atoms with Gasteiger partial charge >= 0.3 is 0 Å². The number of hydrogen-bond acceptors (Lipinski definition) is 2. The number of hydrogen-bond donors (Lipinski definition) is 1. The monoisotopic (exact) mass is 243 g/mol. The van der Waals surface area contributed by atoms with Gasteiger partial charge in [-0.05, 0) is 43.2 Å². The molecule has 2 rings (SSSR count). The predicted octanol–water partition coefficient (Wildman–Crippen LogP) is 3.91. The molecule has 0 bridgehead atoms. The highest BCUT2D eigenvalue weighted by Gasteiger charge is 1.96. The van der Waals surface area contributed by atoms with Crippen LogP contribution in [-0.2, 0) is 6.42 Å². The van der Waals surface area contributed by atoms with E-state index in [1.54, 1.807) is 0 Å². The molecule has 1 nitrogen and oxygen atoms in total. The molecule has 0 amide bonds. The van der Waals surface area contributed by atoms with Crippen molar-refractivity contribution < 1.29 is 0 Å². The highest BCUT2D eigenvalue weighted by atomic mass is 32.2. The SMILES string of the molecule is Cc1cccc(SCCc2ccc(N)cc2)c1. The third-order valence-corrected chi connectivity index (χ3v) is 3.62. The Balaban J connectivity index is 1.85. The zero-order valence-corrected chi connectivity index (χ0v) is 10.8. The minimum Gasteiger partial charge on any atom is -0.399 e. The van der Waals surface area contributed by atoms with Crippen molar-refractivity contribution in [2.75, 3.05) is 11.5 Å². The highest BCUT2D eigenvalue weighted by molar-refractivity contribution is 7.99. The summed E-state index contributed by atoms with van der Waals surface area (Å²) in [7, 11) is 0. The predicted molar refractivity (Wildman–Crippen MR) is 76.5 cm³/mol. The molecule has 0 saturated carbocycles. The summed E-state index contributed by atoms with van der Waals surface area (Å²) in [6, 6.07) is 16.8. The highest BCUT2D eigenvalue weighted by Crippen LogP contribution is 2.20. The third kappa shape index (κ3) is 3.82. The maximum Gasteiger partial charge on any atom is 0.0314 e. The summed E-state index contributed by atoms with van der Waals surface area (Å²) in [6.07, 6.45) is 1.08. The van der Waals surface area contributed by atoms with Crippen molar-refractivity contribution >= 4 is 17.4 Å². The first-order chi connectivity index (χ1) is 8.24. The molecule has 0 spiro atoms. The average Bonchev–Trinajstić information content (AvgIpc) is 2.32. The van der Waals surface area contributed by atoms with Gasteiger partial charge in [-0.2, -0.15) is 0 Å². The van der Waals surface area contributed by atoms with Crippen molar-refractivity contribution in [1.82, 2.24) is 0 Å². The lowest BCUT2D eigenvalue weighted by Gasteiger charge is -2.03. The number of thioether (sulfide) groups is 1. The fraction of sp³-hybridized carbons (Fsp3) is 0.200. The lowest BCUT2D eigenvalue weighted by molar-refractivity contribution is 1.15. The minimum absolute atomic E-state index is 0.833. The molecule has 0 unspecified atom stereocenters. The Morgan fingerprint density at radius 1 is 1.06 bits per heavy atom. The summed E-state index contributed by atoms with van der Waals surface area (Å²) in [5.41, 5.74) is 9.16. The molecular weight excluding hydrogens is 226 g/mol. The molecule has 0 saturated heterocycles. The second kappa shape index (κ2) is 5.78. The zero-order valence-electron chi connectivity index (χ0n) is 10.0. The molecule has 17 heavy (non-hydrogen) atoms. The van der Waals surface area contributed by atoms with Crippen LogP contribution in [0.3, 0.4) is 0 Å². The van der Waals surface area contributed by atoms with Crippen molar-refractivity contribution in [1.29, 1.82) is 0 Å². The van der Waals surface area contributed by atoms with Crippen LogP contribution in [0.2, 0.25) is 0 Å². The van der Waals surface area contributed by atoms with Gasteiger partial charge in [0.15, 0.2) is 0 Å². The summed E-state index contributed by atoms with van der Waals surface area (Å²) in [4.78, 5) is 1.35. The Bertz CT molecular complexity index is 477. The normalized spacial score (nSPS) is 10.4. The first kappa shape index (κ1) is 12.1. The van der Waals surface area contributed by atoms with E-state index in [4.69, 9.17) is 5.73 Å². The van der Waals surface area contributed by atoms with Gasteiger partial charge in [0.1, 0.15) is 0 Å². The van der Waals surface area contributed by atoms with Gasteiger partial charge in [-0.15, -0.1) is 11.8 Å². The van der Waals surface area contributed by atoms with Gasteiger partial charge in [-0.3, -0.25) is 0 Å². The molecule has 2 N–H and O–H groups in total. The number of anilines is 1. The first-order valence-corrected chi connectivity index (χ1v) is 6.76. The van der Waals surface area contributed by atoms with E-state index in [9.17, 15) is 0 Å². The number of benzene rings is 2. The van der Waals surface area contributed by atoms with Crippen molar-refractivity contribution in [2.45, 2.75) is 18.2 Å². The Morgan fingerprint density at radius 2 is 1.82 bits per heavy atom. The van der Waals surface area contributed by atoms with Gasteiger partial charge in [0.25, 0.3) is 0 Å². The van der Waals surface area contributed by atoms with Gasteiger partial charge in [0.2, 0.25) is 0 Å². The summed E-state index contributed by atoms with van der Waals surface area (Å²) in [5, 5.41) is 0. The lowest BCUT2D eigenvalue weighted by atomic mass is 10.2. The molecule has 0 aliphatic rings. The lowest BCUT2D eigenvalue weighted by Crippen LogP contribution is -1.90. The van der Waals surface area contributed by atoms with E-state index >= 15 is 0 Å². The van der Waals surface area contributed by atoms with E-state index in [1.807, 2.05) is 23.9 Å². The van der Waals surface area contributed by atoms with Gasteiger partial charge in [0.05, 0.1) is 0 Å². The molecule has 2 aromatic carbocycles. The molecule has 88 valence electrons. The smallest absolute Gasteiger partial charge is 0.0314 e. The second-order valence-corrected chi connectivity index (χ2v) is 5.32. The largest absolute Gasteiger partial charge is 0.399 e. The summed E-state index contributed by atoms with van der Waals surface area (Å²) < 4.78 is 0. The maximum atomic E-state index is 5.66. The minimum atomic E-state index is 0.833. The summed E-state index contributed by atoms with van der Waals surface area (Å²) in [5.74, 6) is 1.10. The van der Waals surface area contributed by atoms with E-state index in [-0.39, 0.29) is 0 Å². The van der Waals surface area contributed by atoms with Crippen LogP contribution >= 0.6 is 11.8 Å². The van der Waals surface area contributed by atoms with Crippen LogP contribution in [0, 0.1) is 6.92 Å². The molecule has 0 heterocycles. The van der Waals surface area contributed by atoms with Crippen molar-refractivity contribution in [2.24, 2.45) is 0 Å². The fourth-order valence-electron chi connectivity index (χ4n) is 1.68. The standard InChI is InChI=1S/C15H17NS/c1-12-3-2-4-15(11-12)17-10-9-13-5-7-14(16)8-6-13/h2-8,11H,9-10,16H2,1H3. The molecule has 0 aromatic heterocycles. The van der Waals surface area contributed by atoms with E-state index < -0.39 is 0 Å². The van der Waals surface area contributed by atoms with Crippen LogP contribution in [0.25, 0.3) is 0 Å². The first-order valence-electron chi connectivity index (χ1n) is 5.78. The number of nitrogen functional groups attached to an aromatic ring is 1. The van der Waals surface area contributed by atoms with Crippen LogP contribution in [-0.4, -0.2) is 5.75 Å². The number of nitrogens with two attached hydrogens (primary N) is 1. The van der Waals surface area contributed by atoms with Gasteiger partial charge in [0, 0.05) is 16.3 Å². The van der Waals surface area contributed by atoms with Gasteiger partial charge in [-0.1, -0.05) is 29.8 Å². The topological polar surface area (TPSA) is 26.0 Å². The fourth-order valence-corrected chi connectivity index (χ4v) is 2.69. The Hall–Kier alpha value is -1.41. The maximum absolute atomic E-state index is 5.66. The van der Waals surface area contributed by atoms with Crippen molar-refractivity contribution in [3.8, 4) is 0 Å². The van der Waals surface area contributed by atoms with Crippen molar-refractivity contribution in [3.05, 3.63) is 59.7 Å². The molecule has 0 aliphatic carbocycles. The van der Waals surface area contributed by atoms with Crippen LogP contribution in [0.15, 0.2) is 53.4 Å². The molecular formula is C15H17NS. The third-order valence-electron chi connectivity index (χ3n) is 2.63. The molecule has 0 aliphatic heterocycles. The zero-order chi connectivity index (χ0) is 12.1. The Morgan fingerprint density at radius 3 is 2.53 bits per heavy atom. The average molecular weight is 243 g/mol. The van der Waals surface area contributed by atoms with Crippen LogP contribution in [0.1, 0.15) is 11.1 Å². The Kier molecular flexibility index (Phi) is 4.10. The van der Waals surface area contributed by atoms with E-state index in [0.717, 1.165) is 17.9 Å². The van der Waals surface area contributed by atoms with Gasteiger partial charge in [-0.25, -0.2) is 0 Å². The van der Waals surface area contributed by atoms with Crippen LogP contribution in [0.5, 0.6) is 0 Å². The molecule has 0 atom stereocenters. The van der Waals surface area contributed by atoms with Crippen LogP contribution < -0.4 is 5.73 Å².